The van der Waals surface area contributed by atoms with E-state index in [2.05, 4.69) is 9.97 Å². The number of halogens is 1. The van der Waals surface area contributed by atoms with Crippen molar-refractivity contribution in [1.82, 2.24) is 9.97 Å². The lowest BCUT2D eigenvalue weighted by Gasteiger charge is -2.43. The van der Waals surface area contributed by atoms with Crippen molar-refractivity contribution in [2.45, 2.75) is 18.9 Å². The van der Waals surface area contributed by atoms with Gasteiger partial charge in [0.15, 0.2) is 0 Å². The van der Waals surface area contributed by atoms with Crippen LogP contribution in [0.3, 0.4) is 0 Å². The monoisotopic (exact) mass is 331 g/mol. The average Bonchev–Trinajstić information content (AvgIpc) is 2.59. The van der Waals surface area contributed by atoms with Crippen molar-refractivity contribution in [3.63, 3.8) is 0 Å². The zero-order valence-electron chi connectivity index (χ0n) is 13.0. The number of rotatable bonds is 4. The molecule has 0 amide bonds. The van der Waals surface area contributed by atoms with Crippen LogP contribution in [0.15, 0.2) is 42.7 Å². The first kappa shape index (κ1) is 16.3. The molecule has 0 spiro atoms. The quantitative estimate of drug-likeness (QED) is 0.883. The number of carbonyl (C=O) groups is 1. The summed E-state index contributed by atoms with van der Waals surface area (Å²) in [6, 6.07) is 7.36. The van der Waals surface area contributed by atoms with E-state index < -0.39 is 17.5 Å². The van der Waals surface area contributed by atoms with Gasteiger partial charge in [0.25, 0.3) is 0 Å². The molecule has 126 valence electrons. The van der Waals surface area contributed by atoms with Crippen molar-refractivity contribution < 1.29 is 19.4 Å². The molecule has 2 heterocycles. The van der Waals surface area contributed by atoms with Gasteiger partial charge in [-0.2, -0.15) is 0 Å². The molecule has 1 aliphatic heterocycles. The maximum atomic E-state index is 13.1. The van der Waals surface area contributed by atoms with Crippen LogP contribution in [0.25, 0.3) is 0 Å². The second-order valence-electron chi connectivity index (χ2n) is 6.04. The molecule has 0 bridgehead atoms. The SMILES string of the molecule is O=C(O)[C@]1(Cc2ccc(F)cc2)CN(c2ncccn2)CC[C@@H]1O. The van der Waals surface area contributed by atoms with E-state index >= 15 is 0 Å². The smallest absolute Gasteiger partial charge is 0.314 e. The summed E-state index contributed by atoms with van der Waals surface area (Å²) in [7, 11) is 0. The fraction of sp³-hybridized carbons (Fsp3) is 0.353. The number of benzene rings is 1. The molecule has 1 aromatic carbocycles. The van der Waals surface area contributed by atoms with Crippen molar-refractivity contribution in [1.29, 1.82) is 0 Å². The van der Waals surface area contributed by atoms with E-state index in [1.165, 1.54) is 12.1 Å². The number of anilines is 1. The van der Waals surface area contributed by atoms with E-state index in [9.17, 15) is 19.4 Å². The highest BCUT2D eigenvalue weighted by molar-refractivity contribution is 5.77. The Bertz CT molecular complexity index is 711. The fourth-order valence-electron chi connectivity index (χ4n) is 3.13. The zero-order valence-corrected chi connectivity index (χ0v) is 13.0. The number of nitrogens with zero attached hydrogens (tertiary/aromatic N) is 3. The molecule has 0 unspecified atom stereocenters. The lowest BCUT2D eigenvalue weighted by atomic mass is 9.73. The van der Waals surface area contributed by atoms with Crippen molar-refractivity contribution in [2.75, 3.05) is 18.0 Å². The highest BCUT2D eigenvalue weighted by Crippen LogP contribution is 2.35. The van der Waals surface area contributed by atoms with E-state index in [1.807, 2.05) is 0 Å². The summed E-state index contributed by atoms with van der Waals surface area (Å²) in [6.45, 7) is 0.564. The minimum atomic E-state index is -1.39. The van der Waals surface area contributed by atoms with E-state index in [0.717, 1.165) is 0 Å². The number of carboxylic acids is 1. The van der Waals surface area contributed by atoms with Crippen LogP contribution in [-0.2, 0) is 11.2 Å². The first-order chi connectivity index (χ1) is 11.5. The highest BCUT2D eigenvalue weighted by Gasteiger charge is 2.49. The molecule has 0 radical (unpaired) electrons. The minimum Gasteiger partial charge on any atom is -0.481 e. The second-order valence-corrected chi connectivity index (χ2v) is 6.04. The van der Waals surface area contributed by atoms with E-state index in [1.54, 1.807) is 35.5 Å². The topological polar surface area (TPSA) is 86.5 Å². The normalized spacial score (nSPS) is 23.9. The van der Waals surface area contributed by atoms with Gasteiger partial charge in [-0.15, -0.1) is 0 Å². The number of carboxylic acid groups (broad SMARTS) is 1. The number of piperidine rings is 1. The molecule has 6 nitrogen and oxygen atoms in total. The number of aliphatic carboxylic acids is 1. The van der Waals surface area contributed by atoms with Crippen LogP contribution in [0.5, 0.6) is 0 Å². The van der Waals surface area contributed by atoms with Gasteiger partial charge >= 0.3 is 5.97 Å². The lowest BCUT2D eigenvalue weighted by Crippen LogP contribution is -2.57. The summed E-state index contributed by atoms with van der Waals surface area (Å²) in [6.07, 6.45) is 2.59. The summed E-state index contributed by atoms with van der Waals surface area (Å²) in [5.74, 6) is -1.03. The number of aliphatic hydroxyl groups excluding tert-OH is 1. The number of hydrogen-bond donors (Lipinski definition) is 2. The van der Waals surface area contributed by atoms with Crippen LogP contribution >= 0.6 is 0 Å². The van der Waals surface area contributed by atoms with Gasteiger partial charge in [0, 0.05) is 25.5 Å². The summed E-state index contributed by atoms with van der Waals surface area (Å²) in [5, 5.41) is 20.3. The van der Waals surface area contributed by atoms with Crippen LogP contribution < -0.4 is 4.90 Å². The van der Waals surface area contributed by atoms with Crippen LogP contribution in [0.1, 0.15) is 12.0 Å². The molecule has 1 saturated heterocycles. The van der Waals surface area contributed by atoms with Crippen molar-refractivity contribution in [3.05, 3.63) is 54.1 Å². The largest absolute Gasteiger partial charge is 0.481 e. The molecule has 2 atom stereocenters. The zero-order chi connectivity index (χ0) is 17.2. The highest BCUT2D eigenvalue weighted by atomic mass is 19.1. The Hall–Kier alpha value is -2.54. The number of aliphatic hydroxyl groups is 1. The summed E-state index contributed by atoms with van der Waals surface area (Å²) >= 11 is 0. The molecule has 3 rings (SSSR count). The molecule has 1 aliphatic rings. The second kappa shape index (κ2) is 6.52. The average molecular weight is 331 g/mol. The van der Waals surface area contributed by atoms with E-state index in [-0.39, 0.29) is 18.8 Å². The molecular formula is C17H18FN3O3. The van der Waals surface area contributed by atoms with E-state index in [4.69, 9.17) is 0 Å². The van der Waals surface area contributed by atoms with Crippen LogP contribution in [0.2, 0.25) is 0 Å². The first-order valence-electron chi connectivity index (χ1n) is 7.69. The Kier molecular flexibility index (Phi) is 4.44. The Morgan fingerprint density at radius 2 is 1.96 bits per heavy atom. The number of hydrogen-bond acceptors (Lipinski definition) is 5. The molecule has 0 aliphatic carbocycles. The Balaban J connectivity index is 1.91. The van der Waals surface area contributed by atoms with Crippen molar-refractivity contribution in [2.24, 2.45) is 5.41 Å². The van der Waals surface area contributed by atoms with Gasteiger partial charge in [0.05, 0.1) is 6.10 Å². The molecule has 1 aromatic heterocycles. The van der Waals surface area contributed by atoms with Gasteiger partial charge in [-0.1, -0.05) is 12.1 Å². The van der Waals surface area contributed by atoms with Crippen molar-refractivity contribution in [3.8, 4) is 0 Å². The maximum absolute atomic E-state index is 13.1. The molecule has 2 aromatic rings. The Labute approximate surface area is 138 Å². The third kappa shape index (κ3) is 3.07. The van der Waals surface area contributed by atoms with Gasteiger partial charge in [-0.25, -0.2) is 14.4 Å². The molecule has 7 heteroatoms. The molecule has 2 N–H and O–H groups in total. The third-order valence-electron chi connectivity index (χ3n) is 4.48. The van der Waals surface area contributed by atoms with Crippen LogP contribution in [-0.4, -0.2) is 45.3 Å². The van der Waals surface area contributed by atoms with E-state index in [0.29, 0.717) is 24.5 Å². The summed E-state index contributed by atoms with van der Waals surface area (Å²) in [5.41, 5.74) is -0.733. The molecule has 24 heavy (non-hydrogen) atoms. The van der Waals surface area contributed by atoms with Crippen molar-refractivity contribution >= 4 is 11.9 Å². The van der Waals surface area contributed by atoms with Crippen LogP contribution in [0.4, 0.5) is 10.3 Å². The Morgan fingerprint density at radius 3 is 2.58 bits per heavy atom. The predicted octanol–water partition coefficient (Wildman–Crippen LogP) is 1.50. The van der Waals surface area contributed by atoms with Gasteiger partial charge in [-0.05, 0) is 36.6 Å². The fourth-order valence-corrected chi connectivity index (χ4v) is 3.13. The van der Waals surface area contributed by atoms with Crippen LogP contribution in [0, 0.1) is 11.2 Å². The minimum absolute atomic E-state index is 0.0882. The summed E-state index contributed by atoms with van der Waals surface area (Å²) in [4.78, 5) is 22.1. The predicted molar refractivity (Wildman–Crippen MR) is 85.0 cm³/mol. The lowest BCUT2D eigenvalue weighted by molar-refractivity contribution is -0.157. The van der Waals surface area contributed by atoms with Gasteiger partial charge < -0.3 is 15.1 Å². The molecule has 0 saturated carbocycles. The maximum Gasteiger partial charge on any atom is 0.314 e. The third-order valence-corrected chi connectivity index (χ3v) is 4.48. The van der Waals surface area contributed by atoms with Gasteiger partial charge in [0.1, 0.15) is 11.2 Å². The summed E-state index contributed by atoms with van der Waals surface area (Å²) < 4.78 is 13.1. The first-order valence-corrected chi connectivity index (χ1v) is 7.69. The van der Waals surface area contributed by atoms with Gasteiger partial charge in [-0.3, -0.25) is 4.79 Å². The standard InChI is InChI=1S/C17H18FN3O3/c18-13-4-2-12(3-5-13)10-17(15(23)24)11-21(9-6-14(17)22)16-19-7-1-8-20-16/h1-5,7-8,14,22H,6,9-11H2,(H,23,24)/t14-,17+/m0/s1. The molecular weight excluding hydrogens is 313 g/mol. The molecule has 1 fully saturated rings. The number of aromatic nitrogens is 2. The Morgan fingerprint density at radius 1 is 1.29 bits per heavy atom. The van der Waals surface area contributed by atoms with Gasteiger partial charge in [0.2, 0.25) is 5.95 Å².